The van der Waals surface area contributed by atoms with Crippen molar-refractivity contribution in [3.63, 3.8) is 0 Å². The number of aromatic nitrogens is 1. The number of hydrogen-bond acceptors (Lipinski definition) is 7. The first-order valence-corrected chi connectivity index (χ1v) is 10.2. The summed E-state index contributed by atoms with van der Waals surface area (Å²) in [7, 11) is 0. The Bertz CT molecular complexity index is 1020. The minimum atomic E-state index is -0.496. The van der Waals surface area contributed by atoms with E-state index in [4.69, 9.17) is 4.74 Å². The molecule has 0 atom stereocenters. The summed E-state index contributed by atoms with van der Waals surface area (Å²) >= 11 is 2.45. The van der Waals surface area contributed by atoms with E-state index >= 15 is 0 Å². The molecule has 0 aliphatic rings. The summed E-state index contributed by atoms with van der Waals surface area (Å²) in [6.07, 6.45) is 0.153. The fourth-order valence-corrected chi connectivity index (χ4v) is 3.96. The predicted molar refractivity (Wildman–Crippen MR) is 109 cm³/mol. The Morgan fingerprint density at radius 1 is 1.11 bits per heavy atom. The van der Waals surface area contributed by atoms with E-state index in [9.17, 15) is 14.4 Å². The summed E-state index contributed by atoms with van der Waals surface area (Å²) in [6, 6.07) is 10.7. The molecule has 1 aromatic carbocycles. The molecule has 1 amide bonds. The molecule has 2 aromatic heterocycles. The lowest BCUT2D eigenvalue weighted by molar-refractivity contribution is -0.115. The van der Waals surface area contributed by atoms with Gasteiger partial charge >= 0.3 is 5.97 Å². The van der Waals surface area contributed by atoms with Crippen molar-refractivity contribution in [2.24, 2.45) is 0 Å². The van der Waals surface area contributed by atoms with Gasteiger partial charge in [0.05, 0.1) is 17.0 Å². The maximum Gasteiger partial charge on any atom is 0.348 e. The Balaban J connectivity index is 1.52. The molecule has 8 heteroatoms. The number of Topliss-reactive ketones (excluding diaryl/α,β-unsaturated/α-hetero) is 1. The lowest BCUT2D eigenvalue weighted by Gasteiger charge is -2.06. The molecule has 3 rings (SSSR count). The van der Waals surface area contributed by atoms with Gasteiger partial charge in [0.1, 0.15) is 16.5 Å². The number of carbonyl (C=O) groups is 3. The van der Waals surface area contributed by atoms with Crippen molar-refractivity contribution in [2.75, 3.05) is 5.32 Å². The van der Waals surface area contributed by atoms with Crippen LogP contribution >= 0.6 is 22.7 Å². The number of esters is 1. The van der Waals surface area contributed by atoms with Crippen LogP contribution in [0.1, 0.15) is 42.5 Å². The van der Waals surface area contributed by atoms with Gasteiger partial charge < -0.3 is 10.1 Å². The van der Waals surface area contributed by atoms with E-state index in [2.05, 4.69) is 10.3 Å². The second kappa shape index (κ2) is 8.90. The highest BCUT2D eigenvalue weighted by Gasteiger charge is 2.14. The summed E-state index contributed by atoms with van der Waals surface area (Å²) in [6.45, 7) is 3.40. The smallest absolute Gasteiger partial charge is 0.348 e. The summed E-state index contributed by atoms with van der Waals surface area (Å²) in [5, 5.41) is 5.28. The van der Waals surface area contributed by atoms with Crippen molar-refractivity contribution < 1.29 is 19.1 Å². The Morgan fingerprint density at radius 3 is 2.57 bits per heavy atom. The van der Waals surface area contributed by atoms with Crippen molar-refractivity contribution in [2.45, 2.75) is 26.9 Å². The third-order valence-electron chi connectivity index (χ3n) is 3.84. The van der Waals surface area contributed by atoms with Crippen LogP contribution in [0.2, 0.25) is 0 Å². The highest BCUT2D eigenvalue weighted by molar-refractivity contribution is 7.15. The van der Waals surface area contributed by atoms with Gasteiger partial charge in [-0.05, 0) is 37.6 Å². The molecule has 0 saturated carbocycles. The topological polar surface area (TPSA) is 85.4 Å². The highest BCUT2D eigenvalue weighted by Crippen LogP contribution is 2.19. The van der Waals surface area contributed by atoms with E-state index in [1.807, 2.05) is 31.2 Å². The van der Waals surface area contributed by atoms with Crippen molar-refractivity contribution >= 4 is 46.0 Å². The van der Waals surface area contributed by atoms with E-state index in [0.717, 1.165) is 22.6 Å². The third-order valence-corrected chi connectivity index (χ3v) is 5.90. The molecule has 0 fully saturated rings. The molecule has 28 heavy (non-hydrogen) atoms. The van der Waals surface area contributed by atoms with Gasteiger partial charge in [0.2, 0.25) is 5.91 Å². The number of ether oxygens (including phenoxy) is 1. The standard InChI is InChI=1S/C20H18N2O4S2/c1-12-5-3-4-6-15(12)22-18(24)9-19-21-14(11-27-19)10-26-20(25)17-8-7-16(28-17)13(2)23/h3-8,11H,9-10H2,1-2H3,(H,22,24). The van der Waals surface area contributed by atoms with Crippen LogP contribution in [-0.2, 0) is 22.6 Å². The molecule has 0 saturated heterocycles. The molecule has 0 aliphatic heterocycles. The van der Waals surface area contributed by atoms with Crippen LogP contribution in [0.5, 0.6) is 0 Å². The van der Waals surface area contributed by atoms with Crippen LogP contribution in [0, 0.1) is 6.92 Å². The summed E-state index contributed by atoms with van der Waals surface area (Å²) in [4.78, 5) is 40.8. The number of benzene rings is 1. The molecule has 3 aromatic rings. The molecule has 2 heterocycles. The number of ketones is 1. The fourth-order valence-electron chi connectivity index (χ4n) is 2.39. The Labute approximate surface area is 170 Å². The molecule has 0 radical (unpaired) electrons. The quantitative estimate of drug-likeness (QED) is 0.461. The monoisotopic (exact) mass is 414 g/mol. The minimum Gasteiger partial charge on any atom is -0.455 e. The number of hydrogen-bond donors (Lipinski definition) is 1. The average Bonchev–Trinajstić information content (AvgIpc) is 3.31. The first-order chi connectivity index (χ1) is 13.4. The average molecular weight is 415 g/mol. The Morgan fingerprint density at radius 2 is 1.86 bits per heavy atom. The molecule has 0 unspecified atom stereocenters. The van der Waals surface area contributed by atoms with Gasteiger partial charge in [0.15, 0.2) is 5.78 Å². The van der Waals surface area contributed by atoms with Crippen LogP contribution in [0.4, 0.5) is 5.69 Å². The second-order valence-electron chi connectivity index (χ2n) is 6.07. The van der Waals surface area contributed by atoms with E-state index in [1.54, 1.807) is 17.5 Å². The van der Waals surface area contributed by atoms with Gasteiger partial charge in [-0.25, -0.2) is 9.78 Å². The summed E-state index contributed by atoms with van der Waals surface area (Å²) < 4.78 is 5.24. The molecule has 0 spiro atoms. The lowest BCUT2D eigenvalue weighted by Crippen LogP contribution is -2.15. The van der Waals surface area contributed by atoms with Crippen LogP contribution in [0.25, 0.3) is 0 Å². The van der Waals surface area contributed by atoms with Gasteiger partial charge in [-0.1, -0.05) is 18.2 Å². The van der Waals surface area contributed by atoms with Gasteiger partial charge in [0.25, 0.3) is 0 Å². The number of para-hydroxylation sites is 1. The number of nitrogens with zero attached hydrogens (tertiary/aromatic N) is 1. The summed E-state index contributed by atoms with van der Waals surface area (Å²) in [5.41, 5.74) is 2.35. The molecule has 6 nitrogen and oxygen atoms in total. The number of nitrogens with one attached hydrogen (secondary N) is 1. The SMILES string of the molecule is CC(=O)c1ccc(C(=O)OCc2csc(CC(=O)Nc3ccccc3C)n2)s1. The number of thiazole rings is 1. The van der Waals surface area contributed by atoms with Gasteiger partial charge in [-0.2, -0.15) is 0 Å². The van der Waals surface area contributed by atoms with E-state index in [1.165, 1.54) is 18.3 Å². The number of thiophene rings is 1. The molecule has 0 aliphatic carbocycles. The number of aryl methyl sites for hydroxylation is 1. The molecule has 1 N–H and O–H groups in total. The maximum atomic E-state index is 12.2. The molecular formula is C20H18N2O4S2. The van der Waals surface area contributed by atoms with E-state index in [-0.39, 0.29) is 24.7 Å². The number of amides is 1. The third kappa shape index (κ3) is 5.11. The zero-order valence-corrected chi connectivity index (χ0v) is 17.0. The minimum absolute atomic E-state index is 0.0159. The molecule has 0 bridgehead atoms. The summed E-state index contributed by atoms with van der Waals surface area (Å²) in [5.74, 6) is -0.732. The normalized spacial score (nSPS) is 10.5. The van der Waals surface area contributed by atoms with Crippen LogP contribution < -0.4 is 5.32 Å². The number of anilines is 1. The van der Waals surface area contributed by atoms with Gasteiger partial charge in [-0.15, -0.1) is 22.7 Å². The van der Waals surface area contributed by atoms with Crippen LogP contribution in [-0.4, -0.2) is 22.6 Å². The molecular weight excluding hydrogens is 396 g/mol. The van der Waals surface area contributed by atoms with Gasteiger partial charge in [0, 0.05) is 11.1 Å². The first-order valence-electron chi connectivity index (χ1n) is 8.49. The lowest BCUT2D eigenvalue weighted by atomic mass is 10.2. The van der Waals surface area contributed by atoms with Crippen LogP contribution in [0.15, 0.2) is 41.8 Å². The predicted octanol–water partition coefficient (Wildman–Crippen LogP) is 4.25. The van der Waals surface area contributed by atoms with E-state index < -0.39 is 5.97 Å². The highest BCUT2D eigenvalue weighted by atomic mass is 32.1. The van der Waals surface area contributed by atoms with Crippen LogP contribution in [0.3, 0.4) is 0 Å². The zero-order chi connectivity index (χ0) is 20.1. The van der Waals surface area contributed by atoms with Crippen molar-refractivity contribution in [1.29, 1.82) is 0 Å². The van der Waals surface area contributed by atoms with E-state index in [0.29, 0.717) is 20.5 Å². The second-order valence-corrected chi connectivity index (χ2v) is 8.10. The fraction of sp³-hybridized carbons (Fsp3) is 0.200. The van der Waals surface area contributed by atoms with Crippen molar-refractivity contribution in [1.82, 2.24) is 4.98 Å². The van der Waals surface area contributed by atoms with Crippen molar-refractivity contribution in [3.05, 3.63) is 67.8 Å². The first kappa shape index (κ1) is 19.9. The maximum absolute atomic E-state index is 12.2. The number of carbonyl (C=O) groups excluding carboxylic acids is 3. The molecule has 144 valence electrons. The number of rotatable bonds is 7. The Hall–Kier alpha value is -2.84. The van der Waals surface area contributed by atoms with Gasteiger partial charge in [-0.3, -0.25) is 9.59 Å². The Kier molecular flexibility index (Phi) is 6.33. The zero-order valence-electron chi connectivity index (χ0n) is 15.4. The van der Waals surface area contributed by atoms with Crippen molar-refractivity contribution in [3.8, 4) is 0 Å². The largest absolute Gasteiger partial charge is 0.455 e.